The van der Waals surface area contributed by atoms with Crippen LogP contribution < -0.4 is 11.1 Å². The summed E-state index contributed by atoms with van der Waals surface area (Å²) in [7, 11) is -3.55. The Hall–Kier alpha value is -1.55. The second-order valence-electron chi connectivity index (χ2n) is 8.23. The van der Waals surface area contributed by atoms with Gasteiger partial charge in [0.05, 0.1) is 24.2 Å². The van der Waals surface area contributed by atoms with Crippen LogP contribution in [0.15, 0.2) is 17.0 Å². The minimum absolute atomic E-state index is 0.0469. The van der Waals surface area contributed by atoms with Crippen molar-refractivity contribution in [3.05, 3.63) is 28.8 Å². The number of aryl methyl sites for hydroxylation is 3. The van der Waals surface area contributed by atoms with Crippen molar-refractivity contribution in [3.63, 3.8) is 0 Å². The number of carbonyl (C=O) groups excluding carboxylic acids is 1. The second-order valence-corrected chi connectivity index (χ2v) is 10.1. The highest BCUT2D eigenvalue weighted by molar-refractivity contribution is 7.89. The van der Waals surface area contributed by atoms with Crippen molar-refractivity contribution in [3.8, 4) is 0 Å². The smallest absolute Gasteiger partial charge is 0.243 e. The first kappa shape index (κ1) is 22.1. The molecular weight excluding hydrogens is 395 g/mol. The summed E-state index contributed by atoms with van der Waals surface area (Å²) in [4.78, 5) is 14.0. The number of alkyl halides is 1. The van der Waals surface area contributed by atoms with Crippen molar-refractivity contribution in [2.75, 3.05) is 26.2 Å². The van der Waals surface area contributed by atoms with Crippen molar-refractivity contribution in [1.29, 1.82) is 0 Å². The summed E-state index contributed by atoms with van der Waals surface area (Å²) >= 11 is 0. The van der Waals surface area contributed by atoms with E-state index in [-0.39, 0.29) is 31.5 Å². The zero-order valence-corrected chi connectivity index (χ0v) is 18.1. The molecule has 1 aromatic rings. The molecule has 1 amide bonds. The number of carbonyl (C=O) groups is 1. The molecule has 2 atom stereocenters. The highest BCUT2D eigenvalue weighted by atomic mass is 32.2. The molecule has 0 bridgehead atoms. The molecule has 7 nitrogen and oxygen atoms in total. The number of benzene rings is 1. The molecule has 3 N–H and O–H groups in total. The van der Waals surface area contributed by atoms with Crippen molar-refractivity contribution in [2.45, 2.75) is 63.3 Å². The quantitative estimate of drug-likeness (QED) is 0.738. The molecule has 1 aromatic carbocycles. The van der Waals surface area contributed by atoms with Crippen LogP contribution in [0, 0.1) is 20.8 Å². The summed E-state index contributed by atoms with van der Waals surface area (Å²) in [5, 5.41) is 3.18. The summed E-state index contributed by atoms with van der Waals surface area (Å²) < 4.78 is 41.2. The van der Waals surface area contributed by atoms with Crippen molar-refractivity contribution in [1.82, 2.24) is 14.5 Å². The molecule has 2 aliphatic rings. The second kappa shape index (κ2) is 8.67. The predicted molar refractivity (Wildman–Crippen MR) is 110 cm³/mol. The molecule has 0 radical (unpaired) electrons. The first-order chi connectivity index (χ1) is 13.6. The van der Waals surface area contributed by atoms with E-state index in [1.807, 2.05) is 32.9 Å². The minimum atomic E-state index is -3.55. The van der Waals surface area contributed by atoms with Crippen molar-refractivity contribution >= 4 is 15.9 Å². The molecule has 2 saturated heterocycles. The molecule has 2 heterocycles. The van der Waals surface area contributed by atoms with Gasteiger partial charge in [-0.15, -0.1) is 0 Å². The zero-order valence-electron chi connectivity index (χ0n) is 17.3. The number of rotatable bonds is 5. The number of piperidine rings is 1. The van der Waals surface area contributed by atoms with Gasteiger partial charge >= 0.3 is 0 Å². The largest absolute Gasteiger partial charge is 0.323 e. The summed E-state index contributed by atoms with van der Waals surface area (Å²) in [6.07, 6.45) is -0.203. The molecule has 0 aliphatic carbocycles. The van der Waals surface area contributed by atoms with E-state index in [2.05, 4.69) is 5.32 Å². The van der Waals surface area contributed by atoms with E-state index in [1.54, 1.807) is 0 Å². The maximum absolute atomic E-state index is 13.4. The van der Waals surface area contributed by atoms with Crippen LogP contribution in [-0.4, -0.2) is 68.1 Å². The number of amides is 1. The van der Waals surface area contributed by atoms with Gasteiger partial charge in [0.15, 0.2) is 0 Å². The fraction of sp³-hybridized carbons (Fsp3) is 0.650. The Labute approximate surface area is 172 Å². The minimum Gasteiger partial charge on any atom is -0.323 e. The van der Waals surface area contributed by atoms with Gasteiger partial charge in [0.2, 0.25) is 15.9 Å². The standard InChI is InChI=1S/C20H31FN4O3S/c1-13-8-14(2)20(15(3)9-13)29(27,28)24-6-4-17(5-7-24)23-11-19(26)25-12-16(21)10-18(25)22/h8-9,16-18,23H,4-7,10-12,22H2,1-3H3/t16-,18-/m0/s1. The van der Waals surface area contributed by atoms with Gasteiger partial charge < -0.3 is 16.0 Å². The van der Waals surface area contributed by atoms with Gasteiger partial charge in [0.1, 0.15) is 6.17 Å². The topological polar surface area (TPSA) is 95.7 Å². The van der Waals surface area contributed by atoms with Gasteiger partial charge in [-0.2, -0.15) is 4.31 Å². The average Bonchev–Trinajstić information content (AvgIpc) is 2.97. The van der Waals surface area contributed by atoms with Gasteiger partial charge in [-0.25, -0.2) is 12.8 Å². The third kappa shape index (κ3) is 4.79. The highest BCUT2D eigenvalue weighted by Gasteiger charge is 2.34. The fourth-order valence-electron chi connectivity index (χ4n) is 4.44. The number of halogens is 1. The molecule has 3 rings (SSSR count). The van der Waals surface area contributed by atoms with Crippen LogP contribution in [0.5, 0.6) is 0 Å². The fourth-order valence-corrected chi connectivity index (χ4v) is 6.32. The number of hydrogen-bond donors (Lipinski definition) is 2. The van der Waals surface area contributed by atoms with Gasteiger partial charge in [0, 0.05) is 25.6 Å². The Kier molecular flexibility index (Phi) is 6.62. The molecule has 0 saturated carbocycles. The van der Waals surface area contributed by atoms with Gasteiger partial charge in [-0.1, -0.05) is 17.7 Å². The first-order valence-electron chi connectivity index (χ1n) is 10.1. The number of likely N-dealkylation sites (tertiary alicyclic amines) is 1. The SMILES string of the molecule is Cc1cc(C)c(S(=O)(=O)N2CCC(NCC(=O)N3C[C@@H](F)C[C@H]3N)CC2)c(C)c1. The number of sulfonamides is 1. The van der Waals surface area contributed by atoms with Crippen LogP contribution in [0.1, 0.15) is 36.0 Å². The summed E-state index contributed by atoms with van der Waals surface area (Å²) in [5.74, 6) is -0.210. The van der Waals surface area contributed by atoms with Gasteiger partial charge in [0.25, 0.3) is 0 Å². The molecule has 0 spiro atoms. The Balaban J connectivity index is 1.56. The maximum Gasteiger partial charge on any atom is 0.243 e. The van der Waals surface area contributed by atoms with E-state index < -0.39 is 22.4 Å². The lowest BCUT2D eigenvalue weighted by Crippen LogP contribution is -2.49. The summed E-state index contributed by atoms with van der Waals surface area (Å²) in [5.41, 5.74) is 8.37. The van der Waals surface area contributed by atoms with E-state index in [9.17, 15) is 17.6 Å². The van der Waals surface area contributed by atoms with E-state index in [0.717, 1.165) is 16.7 Å². The predicted octanol–water partition coefficient (Wildman–Crippen LogP) is 1.21. The van der Waals surface area contributed by atoms with E-state index in [1.165, 1.54) is 9.21 Å². The number of nitrogens with one attached hydrogen (secondary N) is 1. The summed E-state index contributed by atoms with van der Waals surface area (Å²) in [6.45, 7) is 6.56. The van der Waals surface area contributed by atoms with Crippen LogP contribution in [0.3, 0.4) is 0 Å². The molecular formula is C20H31FN4O3S. The first-order valence-corrected chi connectivity index (χ1v) is 11.5. The molecule has 9 heteroatoms. The zero-order chi connectivity index (χ0) is 21.3. The van der Waals surface area contributed by atoms with Crippen molar-refractivity contribution < 1.29 is 17.6 Å². The number of nitrogens with zero attached hydrogens (tertiary/aromatic N) is 2. The number of hydrogen-bond acceptors (Lipinski definition) is 5. The van der Waals surface area contributed by atoms with E-state index >= 15 is 0 Å². The Morgan fingerprint density at radius 3 is 2.31 bits per heavy atom. The Morgan fingerprint density at radius 2 is 1.79 bits per heavy atom. The Morgan fingerprint density at radius 1 is 1.21 bits per heavy atom. The Bertz CT molecular complexity index is 845. The highest BCUT2D eigenvalue weighted by Crippen LogP contribution is 2.27. The maximum atomic E-state index is 13.4. The monoisotopic (exact) mass is 426 g/mol. The molecule has 2 aliphatic heterocycles. The lowest BCUT2D eigenvalue weighted by Gasteiger charge is -2.33. The molecule has 29 heavy (non-hydrogen) atoms. The third-order valence-electron chi connectivity index (χ3n) is 5.81. The van der Waals surface area contributed by atoms with Gasteiger partial charge in [-0.3, -0.25) is 4.79 Å². The van der Waals surface area contributed by atoms with Crippen LogP contribution >= 0.6 is 0 Å². The normalized spacial score (nSPS) is 24.2. The van der Waals surface area contributed by atoms with Crippen LogP contribution in [-0.2, 0) is 14.8 Å². The van der Waals surface area contributed by atoms with Crippen LogP contribution in [0.4, 0.5) is 4.39 Å². The molecule has 0 aromatic heterocycles. The number of nitrogens with two attached hydrogens (primary N) is 1. The lowest BCUT2D eigenvalue weighted by atomic mass is 10.1. The van der Waals surface area contributed by atoms with Crippen LogP contribution in [0.25, 0.3) is 0 Å². The molecule has 2 fully saturated rings. The van der Waals surface area contributed by atoms with E-state index in [4.69, 9.17) is 5.73 Å². The molecule has 0 unspecified atom stereocenters. The van der Waals surface area contributed by atoms with Gasteiger partial charge in [-0.05, 0) is 44.7 Å². The third-order valence-corrected chi connectivity index (χ3v) is 8.02. The summed E-state index contributed by atoms with van der Waals surface area (Å²) in [6, 6.07) is 3.83. The van der Waals surface area contributed by atoms with E-state index in [0.29, 0.717) is 30.8 Å². The molecule has 162 valence electrons. The van der Waals surface area contributed by atoms with Crippen molar-refractivity contribution in [2.24, 2.45) is 5.73 Å². The lowest BCUT2D eigenvalue weighted by molar-refractivity contribution is -0.131. The average molecular weight is 427 g/mol. The van der Waals surface area contributed by atoms with Crippen LogP contribution in [0.2, 0.25) is 0 Å².